The van der Waals surface area contributed by atoms with Crippen LogP contribution in [0, 0.1) is 0 Å². The summed E-state index contributed by atoms with van der Waals surface area (Å²) in [5, 5.41) is 3.10. The molecule has 2 heterocycles. The van der Waals surface area contributed by atoms with Crippen LogP contribution < -0.4 is 10.2 Å². The minimum Gasteiger partial charge on any atom is -0.353 e. The molecule has 0 aromatic carbocycles. The molecule has 0 amide bonds. The number of anilines is 1. The standard InChI is InChI=1S/C10H11ClF3N3/c1-17(7-4-15-5-7)9-8(11)2-6(3-16-9)10(12,13)14/h2-3,7,15H,4-5H2,1H3. The van der Waals surface area contributed by atoms with Crippen LogP contribution in [-0.4, -0.2) is 31.2 Å². The zero-order valence-electron chi connectivity index (χ0n) is 9.05. The zero-order valence-corrected chi connectivity index (χ0v) is 9.81. The van der Waals surface area contributed by atoms with Gasteiger partial charge in [-0.25, -0.2) is 4.98 Å². The highest BCUT2D eigenvalue weighted by atomic mass is 35.5. The van der Waals surface area contributed by atoms with E-state index in [9.17, 15) is 13.2 Å². The van der Waals surface area contributed by atoms with E-state index in [1.807, 2.05) is 0 Å². The molecule has 1 N–H and O–H groups in total. The highest BCUT2D eigenvalue weighted by Crippen LogP contribution is 2.33. The van der Waals surface area contributed by atoms with Crippen LogP contribution in [0.5, 0.6) is 0 Å². The number of hydrogen-bond acceptors (Lipinski definition) is 3. The molecule has 1 aromatic rings. The Labute approximate surface area is 102 Å². The Morgan fingerprint density at radius 1 is 1.47 bits per heavy atom. The first kappa shape index (κ1) is 12.4. The summed E-state index contributed by atoms with van der Waals surface area (Å²) in [5.74, 6) is 0.381. The Morgan fingerprint density at radius 2 is 2.12 bits per heavy atom. The molecule has 0 bridgehead atoms. The van der Waals surface area contributed by atoms with E-state index >= 15 is 0 Å². The summed E-state index contributed by atoms with van der Waals surface area (Å²) in [6.45, 7) is 1.57. The molecule has 1 aromatic heterocycles. The summed E-state index contributed by atoms with van der Waals surface area (Å²) < 4.78 is 37.2. The van der Waals surface area contributed by atoms with Crippen LogP contribution in [-0.2, 0) is 6.18 Å². The fourth-order valence-corrected chi connectivity index (χ4v) is 1.87. The topological polar surface area (TPSA) is 28.2 Å². The first-order chi connectivity index (χ1) is 7.89. The molecule has 3 nitrogen and oxygen atoms in total. The smallest absolute Gasteiger partial charge is 0.353 e. The van der Waals surface area contributed by atoms with Crippen LogP contribution in [0.4, 0.5) is 19.0 Å². The number of nitrogens with zero attached hydrogens (tertiary/aromatic N) is 2. The van der Waals surface area contributed by atoms with Crippen molar-refractivity contribution in [1.29, 1.82) is 0 Å². The fraction of sp³-hybridized carbons (Fsp3) is 0.500. The summed E-state index contributed by atoms with van der Waals surface area (Å²) >= 11 is 5.83. The molecule has 0 radical (unpaired) electrons. The fourth-order valence-electron chi connectivity index (χ4n) is 1.57. The molecule has 7 heteroatoms. The second-order valence-electron chi connectivity index (χ2n) is 3.95. The Bertz CT molecular complexity index is 418. The average Bonchev–Trinajstić information content (AvgIpc) is 2.12. The highest BCUT2D eigenvalue weighted by Gasteiger charge is 2.32. The van der Waals surface area contributed by atoms with Gasteiger partial charge in [-0.1, -0.05) is 11.6 Å². The van der Waals surface area contributed by atoms with Crippen LogP contribution in [0.1, 0.15) is 5.56 Å². The molecule has 94 valence electrons. The number of halogens is 4. The van der Waals surface area contributed by atoms with Crippen LogP contribution in [0.3, 0.4) is 0 Å². The number of likely N-dealkylation sites (N-methyl/N-ethyl adjacent to an activating group) is 1. The van der Waals surface area contributed by atoms with E-state index in [0.717, 1.165) is 25.4 Å². The molecule has 17 heavy (non-hydrogen) atoms. The van der Waals surface area contributed by atoms with Crippen molar-refractivity contribution < 1.29 is 13.2 Å². The van der Waals surface area contributed by atoms with Crippen molar-refractivity contribution in [2.75, 3.05) is 25.0 Å². The molecule has 1 aliphatic rings. The Hall–Kier alpha value is -1.01. The van der Waals surface area contributed by atoms with Gasteiger partial charge < -0.3 is 10.2 Å². The van der Waals surface area contributed by atoms with Gasteiger partial charge in [-0.2, -0.15) is 13.2 Å². The van der Waals surface area contributed by atoms with E-state index in [0.29, 0.717) is 5.82 Å². The van der Waals surface area contributed by atoms with Gasteiger partial charge in [0, 0.05) is 26.3 Å². The molecule has 1 saturated heterocycles. The average molecular weight is 266 g/mol. The van der Waals surface area contributed by atoms with Crippen LogP contribution in [0.2, 0.25) is 5.02 Å². The Kier molecular flexibility index (Phi) is 3.18. The SMILES string of the molecule is CN(c1ncc(C(F)(F)F)cc1Cl)C1CNC1. The van der Waals surface area contributed by atoms with Crippen molar-refractivity contribution in [3.05, 3.63) is 22.8 Å². The van der Waals surface area contributed by atoms with E-state index in [2.05, 4.69) is 10.3 Å². The second-order valence-corrected chi connectivity index (χ2v) is 4.36. The summed E-state index contributed by atoms with van der Waals surface area (Å²) in [6, 6.07) is 1.14. The molecule has 0 spiro atoms. The summed E-state index contributed by atoms with van der Waals surface area (Å²) in [5.41, 5.74) is -0.827. The van der Waals surface area contributed by atoms with Crippen molar-refractivity contribution in [3.63, 3.8) is 0 Å². The lowest BCUT2D eigenvalue weighted by molar-refractivity contribution is -0.137. The third-order valence-corrected chi connectivity index (χ3v) is 3.07. The van der Waals surface area contributed by atoms with Crippen molar-refractivity contribution >= 4 is 17.4 Å². The third-order valence-electron chi connectivity index (χ3n) is 2.79. The maximum atomic E-state index is 12.4. The van der Waals surface area contributed by atoms with Gasteiger partial charge >= 0.3 is 6.18 Å². The van der Waals surface area contributed by atoms with Gasteiger partial charge in [-0.15, -0.1) is 0 Å². The van der Waals surface area contributed by atoms with E-state index in [-0.39, 0.29) is 11.1 Å². The predicted molar refractivity (Wildman–Crippen MR) is 59.3 cm³/mol. The molecule has 1 fully saturated rings. The first-order valence-corrected chi connectivity index (χ1v) is 5.43. The van der Waals surface area contributed by atoms with Gasteiger partial charge in [0.05, 0.1) is 16.6 Å². The number of alkyl halides is 3. The van der Waals surface area contributed by atoms with Crippen LogP contribution in [0.25, 0.3) is 0 Å². The van der Waals surface area contributed by atoms with Crippen LogP contribution in [0.15, 0.2) is 12.3 Å². The highest BCUT2D eigenvalue weighted by molar-refractivity contribution is 6.33. The number of pyridine rings is 1. The number of nitrogens with one attached hydrogen (secondary N) is 1. The van der Waals surface area contributed by atoms with Gasteiger partial charge in [-0.05, 0) is 6.07 Å². The summed E-state index contributed by atoms with van der Waals surface area (Å²) in [6.07, 6.45) is -3.60. The third kappa shape index (κ3) is 2.47. The van der Waals surface area contributed by atoms with Gasteiger partial charge in [0.15, 0.2) is 0 Å². The molecule has 0 saturated carbocycles. The normalized spacial score (nSPS) is 16.8. The van der Waals surface area contributed by atoms with Crippen molar-refractivity contribution in [2.45, 2.75) is 12.2 Å². The Morgan fingerprint density at radius 3 is 2.53 bits per heavy atom. The minimum atomic E-state index is -4.41. The molecule has 2 rings (SSSR count). The van der Waals surface area contributed by atoms with Gasteiger partial charge in [0.1, 0.15) is 5.82 Å². The first-order valence-electron chi connectivity index (χ1n) is 5.06. The molecular weight excluding hydrogens is 255 g/mol. The molecule has 0 atom stereocenters. The maximum Gasteiger partial charge on any atom is 0.417 e. The van der Waals surface area contributed by atoms with Crippen molar-refractivity contribution in [1.82, 2.24) is 10.3 Å². The van der Waals surface area contributed by atoms with Crippen molar-refractivity contribution in [3.8, 4) is 0 Å². The quantitative estimate of drug-likeness (QED) is 0.888. The van der Waals surface area contributed by atoms with E-state index < -0.39 is 11.7 Å². The number of rotatable bonds is 2. The predicted octanol–water partition coefficient (Wildman–Crippen LogP) is 2.16. The lowest BCUT2D eigenvalue weighted by Crippen LogP contribution is -2.56. The second kappa shape index (κ2) is 4.34. The molecule has 1 aliphatic heterocycles. The summed E-state index contributed by atoms with van der Waals surface area (Å²) in [4.78, 5) is 5.58. The number of aromatic nitrogens is 1. The van der Waals surface area contributed by atoms with Crippen molar-refractivity contribution in [2.24, 2.45) is 0 Å². The van der Waals surface area contributed by atoms with E-state index in [1.165, 1.54) is 0 Å². The number of hydrogen-bond donors (Lipinski definition) is 1. The zero-order chi connectivity index (χ0) is 12.6. The minimum absolute atomic E-state index is 0.0224. The van der Waals surface area contributed by atoms with Crippen LogP contribution >= 0.6 is 11.6 Å². The van der Waals surface area contributed by atoms with Gasteiger partial charge in [0.2, 0.25) is 0 Å². The molecular formula is C10H11ClF3N3. The lowest BCUT2D eigenvalue weighted by atomic mass is 10.1. The molecule has 0 aliphatic carbocycles. The monoisotopic (exact) mass is 265 g/mol. The lowest BCUT2D eigenvalue weighted by Gasteiger charge is -2.36. The molecule has 0 unspecified atom stereocenters. The van der Waals surface area contributed by atoms with E-state index in [1.54, 1.807) is 11.9 Å². The van der Waals surface area contributed by atoms with E-state index in [4.69, 9.17) is 11.6 Å². The largest absolute Gasteiger partial charge is 0.417 e. The van der Waals surface area contributed by atoms with Gasteiger partial charge in [-0.3, -0.25) is 0 Å². The maximum absolute atomic E-state index is 12.4. The van der Waals surface area contributed by atoms with Gasteiger partial charge in [0.25, 0.3) is 0 Å². The Balaban J connectivity index is 2.25. The summed E-state index contributed by atoms with van der Waals surface area (Å²) in [7, 11) is 1.77.